The zero-order valence-corrected chi connectivity index (χ0v) is 15.3. The first kappa shape index (κ1) is 16.6. The van der Waals surface area contributed by atoms with Crippen molar-refractivity contribution in [2.24, 2.45) is 13.0 Å². The Labute approximate surface area is 153 Å². The topological polar surface area (TPSA) is 56.1 Å². The normalized spacial score (nSPS) is 20.0. The van der Waals surface area contributed by atoms with Crippen molar-refractivity contribution in [2.45, 2.75) is 25.3 Å². The van der Waals surface area contributed by atoms with Gasteiger partial charge < -0.3 is 14.6 Å². The zero-order chi connectivity index (χ0) is 18.3. The van der Waals surface area contributed by atoms with Crippen LogP contribution < -0.4 is 10.1 Å². The summed E-state index contributed by atoms with van der Waals surface area (Å²) in [6.07, 6.45) is 0.863. The fourth-order valence-corrected chi connectivity index (χ4v) is 3.74. The van der Waals surface area contributed by atoms with Gasteiger partial charge >= 0.3 is 0 Å². The molecule has 2 aromatic carbocycles. The van der Waals surface area contributed by atoms with Crippen LogP contribution in [0.5, 0.6) is 5.75 Å². The monoisotopic (exact) mass is 349 g/mol. The number of rotatable bonds is 5. The lowest BCUT2D eigenvalue weighted by Crippen LogP contribution is -2.30. The summed E-state index contributed by atoms with van der Waals surface area (Å²) in [6, 6.07) is 15.8. The van der Waals surface area contributed by atoms with E-state index < -0.39 is 0 Å². The fraction of sp³-hybridized carbons (Fsp3) is 0.333. The number of fused-ring (bicyclic) bond motifs is 1. The van der Waals surface area contributed by atoms with Crippen molar-refractivity contribution < 1.29 is 9.53 Å². The number of carbonyl (C=O) groups is 1. The molecule has 1 aliphatic carbocycles. The maximum atomic E-state index is 12.7. The molecule has 1 aromatic heterocycles. The highest BCUT2D eigenvalue weighted by Gasteiger charge is 2.45. The van der Waals surface area contributed by atoms with Crippen LogP contribution >= 0.6 is 0 Å². The summed E-state index contributed by atoms with van der Waals surface area (Å²) in [5.41, 5.74) is 3.14. The van der Waals surface area contributed by atoms with E-state index in [2.05, 4.69) is 10.3 Å². The van der Waals surface area contributed by atoms with Crippen LogP contribution in [-0.2, 0) is 11.8 Å². The minimum absolute atomic E-state index is 0.00318. The first-order valence-electron chi connectivity index (χ1n) is 8.94. The van der Waals surface area contributed by atoms with E-state index in [9.17, 15) is 4.79 Å². The third-order valence-electron chi connectivity index (χ3n) is 5.23. The summed E-state index contributed by atoms with van der Waals surface area (Å²) < 4.78 is 7.48. The van der Waals surface area contributed by atoms with Gasteiger partial charge in [0.1, 0.15) is 11.6 Å². The highest BCUT2D eigenvalue weighted by Crippen LogP contribution is 2.50. The summed E-state index contributed by atoms with van der Waals surface area (Å²) in [7, 11) is 3.66. The van der Waals surface area contributed by atoms with Crippen LogP contribution in [0.15, 0.2) is 48.5 Å². The van der Waals surface area contributed by atoms with Gasteiger partial charge in [0.15, 0.2) is 0 Å². The Hall–Kier alpha value is -2.82. The molecule has 26 heavy (non-hydrogen) atoms. The van der Waals surface area contributed by atoms with Crippen LogP contribution in [0.1, 0.15) is 36.7 Å². The number of aryl methyl sites for hydroxylation is 1. The van der Waals surface area contributed by atoms with Gasteiger partial charge in [0, 0.05) is 13.0 Å². The molecule has 1 amide bonds. The molecule has 0 bridgehead atoms. The molecular weight excluding hydrogens is 326 g/mol. The van der Waals surface area contributed by atoms with E-state index in [0.717, 1.165) is 34.6 Å². The molecule has 0 radical (unpaired) electrons. The van der Waals surface area contributed by atoms with Crippen molar-refractivity contribution in [2.75, 3.05) is 7.11 Å². The van der Waals surface area contributed by atoms with Crippen molar-refractivity contribution in [3.63, 3.8) is 0 Å². The fourth-order valence-electron chi connectivity index (χ4n) is 3.74. The van der Waals surface area contributed by atoms with Gasteiger partial charge in [0.2, 0.25) is 5.91 Å². The number of carbonyl (C=O) groups excluding carboxylic acids is 1. The summed E-state index contributed by atoms with van der Waals surface area (Å²) in [6.45, 7) is 1.99. The lowest BCUT2D eigenvalue weighted by molar-refractivity contribution is -0.123. The van der Waals surface area contributed by atoms with E-state index in [4.69, 9.17) is 4.74 Å². The lowest BCUT2D eigenvalue weighted by atomic mass is 10.1. The van der Waals surface area contributed by atoms with Gasteiger partial charge in [0.05, 0.1) is 24.2 Å². The summed E-state index contributed by atoms with van der Waals surface area (Å²) in [5, 5.41) is 3.13. The van der Waals surface area contributed by atoms with Gasteiger partial charge in [-0.1, -0.05) is 30.3 Å². The van der Waals surface area contributed by atoms with Crippen molar-refractivity contribution in [3.05, 3.63) is 59.9 Å². The molecule has 134 valence electrons. The summed E-state index contributed by atoms with van der Waals surface area (Å²) in [5.74, 6) is 2.05. The first-order valence-corrected chi connectivity index (χ1v) is 8.94. The molecule has 0 spiro atoms. The maximum absolute atomic E-state index is 12.7. The Morgan fingerprint density at radius 2 is 1.96 bits per heavy atom. The number of aromatic nitrogens is 2. The zero-order valence-electron chi connectivity index (χ0n) is 15.3. The third kappa shape index (κ3) is 2.83. The van der Waals surface area contributed by atoms with Crippen molar-refractivity contribution in [1.29, 1.82) is 0 Å². The second kappa shape index (κ2) is 6.48. The van der Waals surface area contributed by atoms with Gasteiger partial charge in [-0.05, 0) is 43.0 Å². The molecule has 1 heterocycles. The smallest absolute Gasteiger partial charge is 0.224 e. The van der Waals surface area contributed by atoms with E-state index >= 15 is 0 Å². The standard InChI is InChI=1S/C21H23N3O2/c1-13(20-23-17-9-5-6-10-18(17)24(20)2)22-21(25)16-12-15(16)14-8-4-7-11-19(14)26-3/h4-11,13,15-16H,12H2,1-3H3,(H,22,25)/t13-,15+,16+/m1/s1. The molecule has 1 N–H and O–H groups in total. The molecule has 3 aromatic rings. The maximum Gasteiger partial charge on any atom is 0.224 e. The van der Waals surface area contributed by atoms with Crippen molar-refractivity contribution in [3.8, 4) is 5.75 Å². The van der Waals surface area contributed by atoms with Crippen LogP contribution in [-0.4, -0.2) is 22.6 Å². The molecule has 5 heteroatoms. The number of hydrogen-bond donors (Lipinski definition) is 1. The number of hydrogen-bond acceptors (Lipinski definition) is 3. The number of amides is 1. The second-order valence-electron chi connectivity index (χ2n) is 6.94. The van der Waals surface area contributed by atoms with Gasteiger partial charge in [-0.15, -0.1) is 0 Å². The minimum Gasteiger partial charge on any atom is -0.496 e. The minimum atomic E-state index is -0.140. The predicted molar refractivity (Wildman–Crippen MR) is 101 cm³/mol. The van der Waals surface area contributed by atoms with Gasteiger partial charge in [-0.2, -0.15) is 0 Å². The number of nitrogens with zero attached hydrogens (tertiary/aromatic N) is 2. The van der Waals surface area contributed by atoms with Gasteiger partial charge in [0.25, 0.3) is 0 Å². The highest BCUT2D eigenvalue weighted by atomic mass is 16.5. The van der Waals surface area contributed by atoms with E-state index in [-0.39, 0.29) is 23.8 Å². The van der Waals surface area contributed by atoms with E-state index in [0.29, 0.717) is 0 Å². The molecular formula is C21H23N3O2. The molecule has 0 aliphatic heterocycles. The molecule has 0 unspecified atom stereocenters. The summed E-state index contributed by atoms with van der Waals surface area (Å²) >= 11 is 0. The molecule has 1 aliphatic rings. The average Bonchev–Trinajstić information content (AvgIpc) is 3.39. The highest BCUT2D eigenvalue weighted by molar-refractivity contribution is 5.83. The van der Waals surface area contributed by atoms with Crippen LogP contribution in [0.2, 0.25) is 0 Å². The molecule has 0 saturated heterocycles. The van der Waals surface area contributed by atoms with Crippen LogP contribution in [0.25, 0.3) is 11.0 Å². The Morgan fingerprint density at radius 1 is 1.23 bits per heavy atom. The lowest BCUT2D eigenvalue weighted by Gasteiger charge is -2.14. The van der Waals surface area contributed by atoms with Crippen LogP contribution in [0, 0.1) is 5.92 Å². The third-order valence-corrected chi connectivity index (χ3v) is 5.23. The van der Waals surface area contributed by atoms with E-state index in [1.807, 2.05) is 67.1 Å². The first-order chi connectivity index (χ1) is 12.6. The predicted octanol–water partition coefficient (Wildman–Crippen LogP) is 3.56. The Kier molecular flexibility index (Phi) is 4.15. The molecule has 3 atom stereocenters. The molecule has 1 fully saturated rings. The van der Waals surface area contributed by atoms with Crippen molar-refractivity contribution in [1.82, 2.24) is 14.9 Å². The quantitative estimate of drug-likeness (QED) is 0.766. The number of imidazole rings is 1. The number of benzene rings is 2. The molecule has 4 rings (SSSR count). The number of para-hydroxylation sites is 3. The Bertz CT molecular complexity index is 963. The van der Waals surface area contributed by atoms with Crippen LogP contribution in [0.4, 0.5) is 0 Å². The number of nitrogens with one attached hydrogen (secondary N) is 1. The van der Waals surface area contributed by atoms with Gasteiger partial charge in [-0.3, -0.25) is 4.79 Å². The second-order valence-corrected chi connectivity index (χ2v) is 6.94. The Balaban J connectivity index is 1.47. The SMILES string of the molecule is COc1ccccc1[C@@H]1C[C@@H]1C(=O)N[C@H](C)c1nc2ccccc2n1C. The molecule has 1 saturated carbocycles. The number of methoxy groups -OCH3 is 1. The largest absolute Gasteiger partial charge is 0.496 e. The number of ether oxygens (including phenoxy) is 1. The van der Waals surface area contributed by atoms with Gasteiger partial charge in [-0.25, -0.2) is 4.98 Å². The molecule has 5 nitrogen and oxygen atoms in total. The average molecular weight is 349 g/mol. The Morgan fingerprint density at radius 3 is 2.73 bits per heavy atom. The van der Waals surface area contributed by atoms with Crippen LogP contribution in [0.3, 0.4) is 0 Å². The van der Waals surface area contributed by atoms with E-state index in [1.54, 1.807) is 7.11 Å². The summed E-state index contributed by atoms with van der Waals surface area (Å²) in [4.78, 5) is 17.4. The van der Waals surface area contributed by atoms with E-state index in [1.165, 1.54) is 0 Å². The van der Waals surface area contributed by atoms with Crippen molar-refractivity contribution >= 4 is 16.9 Å².